The minimum Gasteiger partial charge on any atom is -0.396 e. The maximum absolute atomic E-state index is 12.2. The second-order valence-electron chi connectivity index (χ2n) is 5.32. The average Bonchev–Trinajstić information content (AvgIpc) is 2.49. The fraction of sp³-hybridized carbons (Fsp3) is 0.562. The highest BCUT2D eigenvalue weighted by molar-refractivity contribution is 5.74. The smallest absolute Gasteiger partial charge is 0.317 e. The van der Waals surface area contributed by atoms with E-state index in [9.17, 15) is 4.79 Å². The molecule has 2 rings (SSSR count). The lowest BCUT2D eigenvalue weighted by Crippen LogP contribution is -2.49. The van der Waals surface area contributed by atoms with Gasteiger partial charge in [0, 0.05) is 25.7 Å². The molecule has 1 unspecified atom stereocenters. The third kappa shape index (κ3) is 4.23. The van der Waals surface area contributed by atoms with Crippen LogP contribution < -0.4 is 5.32 Å². The van der Waals surface area contributed by atoms with Crippen molar-refractivity contribution in [3.05, 3.63) is 35.9 Å². The van der Waals surface area contributed by atoms with Crippen LogP contribution in [-0.4, -0.2) is 41.8 Å². The molecular weight excluding hydrogens is 252 g/mol. The van der Waals surface area contributed by atoms with E-state index in [0.29, 0.717) is 13.0 Å². The number of hydrogen-bond donors (Lipinski definition) is 2. The number of carbonyl (C=O) groups excluding carboxylic acids is 1. The Balaban J connectivity index is 1.78. The van der Waals surface area contributed by atoms with Gasteiger partial charge in [0.1, 0.15) is 0 Å². The molecule has 0 saturated carbocycles. The van der Waals surface area contributed by atoms with E-state index in [1.165, 1.54) is 5.56 Å². The fourth-order valence-electron chi connectivity index (χ4n) is 2.78. The van der Waals surface area contributed by atoms with Crippen LogP contribution in [0, 0.1) is 0 Å². The standard InChI is InChI=1S/C16H24N2O2/c19-13-10-15-8-4-5-12-18(15)16(20)17-11-9-14-6-2-1-3-7-14/h1-3,6-7,15,19H,4-5,8-13H2,(H,17,20). The van der Waals surface area contributed by atoms with Crippen LogP contribution in [0.15, 0.2) is 30.3 Å². The summed E-state index contributed by atoms with van der Waals surface area (Å²) in [6.07, 6.45) is 4.76. The summed E-state index contributed by atoms with van der Waals surface area (Å²) < 4.78 is 0. The van der Waals surface area contributed by atoms with E-state index in [0.717, 1.165) is 32.2 Å². The molecule has 0 bridgehead atoms. The average molecular weight is 276 g/mol. The Morgan fingerprint density at radius 1 is 1.30 bits per heavy atom. The van der Waals surface area contributed by atoms with Crippen molar-refractivity contribution in [2.75, 3.05) is 19.7 Å². The second-order valence-corrected chi connectivity index (χ2v) is 5.32. The molecule has 1 fully saturated rings. The Labute approximate surface area is 120 Å². The van der Waals surface area contributed by atoms with Crippen molar-refractivity contribution in [2.45, 2.75) is 38.1 Å². The molecule has 1 atom stereocenters. The van der Waals surface area contributed by atoms with Crippen LogP contribution in [0.4, 0.5) is 4.79 Å². The topological polar surface area (TPSA) is 52.6 Å². The number of piperidine rings is 1. The van der Waals surface area contributed by atoms with Crippen molar-refractivity contribution in [3.63, 3.8) is 0 Å². The summed E-state index contributed by atoms with van der Waals surface area (Å²) in [6.45, 7) is 1.62. The van der Waals surface area contributed by atoms with Crippen LogP contribution in [0.25, 0.3) is 0 Å². The predicted octanol–water partition coefficient (Wildman–Crippen LogP) is 2.18. The number of amides is 2. The number of hydrogen-bond acceptors (Lipinski definition) is 2. The molecule has 1 aliphatic heterocycles. The van der Waals surface area contributed by atoms with Crippen molar-refractivity contribution in [3.8, 4) is 0 Å². The molecule has 1 aromatic carbocycles. The van der Waals surface area contributed by atoms with Crippen molar-refractivity contribution in [1.29, 1.82) is 0 Å². The number of urea groups is 1. The normalized spacial score (nSPS) is 18.9. The van der Waals surface area contributed by atoms with Gasteiger partial charge >= 0.3 is 6.03 Å². The maximum atomic E-state index is 12.2. The monoisotopic (exact) mass is 276 g/mol. The minimum atomic E-state index is 0.0130. The quantitative estimate of drug-likeness (QED) is 0.866. The lowest BCUT2D eigenvalue weighted by Gasteiger charge is -2.35. The van der Waals surface area contributed by atoms with Gasteiger partial charge in [-0.05, 0) is 37.7 Å². The molecule has 0 aliphatic carbocycles. The third-order valence-corrected chi connectivity index (χ3v) is 3.88. The van der Waals surface area contributed by atoms with Crippen LogP contribution in [0.5, 0.6) is 0 Å². The minimum absolute atomic E-state index is 0.0130. The molecule has 1 aliphatic rings. The first-order chi connectivity index (χ1) is 9.81. The highest BCUT2D eigenvalue weighted by Gasteiger charge is 2.25. The van der Waals surface area contributed by atoms with Gasteiger partial charge in [0.15, 0.2) is 0 Å². The van der Waals surface area contributed by atoms with Crippen LogP contribution in [-0.2, 0) is 6.42 Å². The molecule has 4 heteroatoms. The summed E-state index contributed by atoms with van der Waals surface area (Å²) >= 11 is 0. The molecule has 2 amide bonds. The molecule has 1 aromatic rings. The summed E-state index contributed by atoms with van der Waals surface area (Å²) in [5.41, 5.74) is 1.23. The molecule has 1 heterocycles. The van der Waals surface area contributed by atoms with Gasteiger partial charge in [0.25, 0.3) is 0 Å². The molecule has 20 heavy (non-hydrogen) atoms. The molecule has 2 N–H and O–H groups in total. The van der Waals surface area contributed by atoms with Gasteiger partial charge in [-0.2, -0.15) is 0 Å². The lowest BCUT2D eigenvalue weighted by molar-refractivity contribution is 0.132. The van der Waals surface area contributed by atoms with Gasteiger partial charge in [0.2, 0.25) is 0 Å². The van der Waals surface area contributed by atoms with Gasteiger partial charge in [-0.1, -0.05) is 30.3 Å². The van der Waals surface area contributed by atoms with E-state index < -0.39 is 0 Å². The van der Waals surface area contributed by atoms with Crippen molar-refractivity contribution in [2.24, 2.45) is 0 Å². The van der Waals surface area contributed by atoms with E-state index >= 15 is 0 Å². The van der Waals surface area contributed by atoms with Crippen molar-refractivity contribution in [1.82, 2.24) is 10.2 Å². The summed E-state index contributed by atoms with van der Waals surface area (Å²) in [4.78, 5) is 14.1. The zero-order valence-electron chi connectivity index (χ0n) is 11.9. The SMILES string of the molecule is O=C(NCCc1ccccc1)N1CCCCC1CCO. The van der Waals surface area contributed by atoms with E-state index in [4.69, 9.17) is 5.11 Å². The first-order valence-corrected chi connectivity index (χ1v) is 7.50. The summed E-state index contributed by atoms with van der Waals surface area (Å²) in [5, 5.41) is 12.1. The maximum Gasteiger partial charge on any atom is 0.317 e. The molecule has 0 radical (unpaired) electrons. The Kier molecular flexibility index (Phi) is 5.87. The first kappa shape index (κ1) is 14.9. The molecule has 4 nitrogen and oxygen atoms in total. The van der Waals surface area contributed by atoms with E-state index in [1.807, 2.05) is 23.1 Å². The number of likely N-dealkylation sites (tertiary alicyclic amines) is 1. The summed E-state index contributed by atoms with van der Waals surface area (Å²) in [7, 11) is 0. The molecule has 0 aromatic heterocycles. The number of nitrogens with one attached hydrogen (secondary N) is 1. The molecule has 110 valence electrons. The van der Waals surface area contributed by atoms with E-state index in [1.54, 1.807) is 0 Å². The highest BCUT2D eigenvalue weighted by atomic mass is 16.3. The number of nitrogens with zero attached hydrogens (tertiary/aromatic N) is 1. The first-order valence-electron chi connectivity index (χ1n) is 7.50. The van der Waals surface area contributed by atoms with Crippen LogP contribution in [0.1, 0.15) is 31.2 Å². The Morgan fingerprint density at radius 2 is 2.10 bits per heavy atom. The zero-order chi connectivity index (χ0) is 14.2. The van der Waals surface area contributed by atoms with Crippen LogP contribution >= 0.6 is 0 Å². The number of rotatable bonds is 5. The molecule has 1 saturated heterocycles. The van der Waals surface area contributed by atoms with Crippen LogP contribution in [0.2, 0.25) is 0 Å². The highest BCUT2D eigenvalue weighted by Crippen LogP contribution is 2.19. The second kappa shape index (κ2) is 7.90. The van der Waals surface area contributed by atoms with E-state index in [2.05, 4.69) is 17.4 Å². The van der Waals surface area contributed by atoms with Gasteiger partial charge in [-0.25, -0.2) is 4.79 Å². The number of carbonyl (C=O) groups is 1. The zero-order valence-corrected chi connectivity index (χ0v) is 11.9. The Bertz CT molecular complexity index is 406. The molecule has 0 spiro atoms. The number of aliphatic hydroxyl groups is 1. The van der Waals surface area contributed by atoms with Gasteiger partial charge in [-0.15, -0.1) is 0 Å². The number of aliphatic hydroxyl groups excluding tert-OH is 1. The Morgan fingerprint density at radius 3 is 2.85 bits per heavy atom. The Hall–Kier alpha value is -1.55. The van der Waals surface area contributed by atoms with Crippen molar-refractivity contribution < 1.29 is 9.90 Å². The molecular formula is C16H24N2O2. The predicted molar refractivity (Wildman–Crippen MR) is 79.6 cm³/mol. The summed E-state index contributed by atoms with van der Waals surface area (Å²) in [6, 6.07) is 10.4. The largest absolute Gasteiger partial charge is 0.396 e. The fourth-order valence-corrected chi connectivity index (χ4v) is 2.78. The van der Waals surface area contributed by atoms with Gasteiger partial charge < -0.3 is 15.3 Å². The van der Waals surface area contributed by atoms with Gasteiger partial charge in [-0.3, -0.25) is 0 Å². The van der Waals surface area contributed by atoms with Crippen molar-refractivity contribution >= 4 is 6.03 Å². The third-order valence-electron chi connectivity index (χ3n) is 3.88. The van der Waals surface area contributed by atoms with Gasteiger partial charge in [0.05, 0.1) is 0 Å². The summed E-state index contributed by atoms with van der Waals surface area (Å²) in [5.74, 6) is 0. The lowest BCUT2D eigenvalue weighted by atomic mass is 10.0. The van der Waals surface area contributed by atoms with Crippen LogP contribution in [0.3, 0.4) is 0 Å². The van der Waals surface area contributed by atoms with E-state index in [-0.39, 0.29) is 18.7 Å². The number of benzene rings is 1.